The molecule has 2 heterocycles. The zero-order valence-electron chi connectivity index (χ0n) is 9.16. The second-order valence-electron chi connectivity index (χ2n) is 3.77. The van der Waals surface area contributed by atoms with Crippen molar-refractivity contribution in [3.63, 3.8) is 0 Å². The molecule has 1 unspecified atom stereocenters. The largest absolute Gasteiger partial charge is 0.309 e. The molecule has 1 aliphatic heterocycles. The molecule has 0 radical (unpaired) electrons. The molecule has 0 bridgehead atoms. The van der Waals surface area contributed by atoms with Crippen molar-refractivity contribution in [2.45, 2.75) is 32.2 Å². The van der Waals surface area contributed by atoms with Crippen molar-refractivity contribution < 1.29 is 0 Å². The number of aryl methyl sites for hydroxylation is 1. The van der Waals surface area contributed by atoms with Crippen LogP contribution in [-0.2, 0) is 0 Å². The van der Waals surface area contributed by atoms with Gasteiger partial charge in [0.05, 0.1) is 6.04 Å². The van der Waals surface area contributed by atoms with Crippen molar-refractivity contribution in [2.24, 2.45) is 0 Å². The van der Waals surface area contributed by atoms with Gasteiger partial charge in [0.25, 0.3) is 5.56 Å². The Morgan fingerprint density at radius 3 is 2.69 bits per heavy atom. The van der Waals surface area contributed by atoms with E-state index in [0.717, 1.165) is 24.5 Å². The van der Waals surface area contributed by atoms with Gasteiger partial charge in [-0.1, -0.05) is 6.42 Å². The van der Waals surface area contributed by atoms with E-state index in [1.165, 1.54) is 18.9 Å². The van der Waals surface area contributed by atoms with E-state index in [1.54, 1.807) is 0 Å². The maximum Gasteiger partial charge on any atom is 0.251 e. The van der Waals surface area contributed by atoms with E-state index in [1.807, 2.05) is 6.92 Å². The second kappa shape index (κ2) is 6.89. The first kappa shape index (κ1) is 15.4. The lowest BCUT2D eigenvalue weighted by Gasteiger charge is -2.22. The Kier molecular flexibility index (Phi) is 6.64. The Labute approximate surface area is 107 Å². The van der Waals surface area contributed by atoms with E-state index in [2.05, 4.69) is 15.3 Å². The molecular formula is C10H17Cl2N3O. The number of nitrogens with one attached hydrogen (secondary N) is 2. The van der Waals surface area contributed by atoms with Gasteiger partial charge in [0, 0.05) is 11.8 Å². The van der Waals surface area contributed by atoms with Crippen LogP contribution < -0.4 is 10.9 Å². The average Bonchev–Trinajstić information content (AvgIpc) is 2.18. The summed E-state index contributed by atoms with van der Waals surface area (Å²) >= 11 is 0. The van der Waals surface area contributed by atoms with Gasteiger partial charge in [-0.3, -0.25) is 4.79 Å². The fourth-order valence-corrected chi connectivity index (χ4v) is 1.85. The molecular weight excluding hydrogens is 249 g/mol. The minimum Gasteiger partial charge on any atom is -0.309 e. The monoisotopic (exact) mass is 265 g/mol. The zero-order valence-corrected chi connectivity index (χ0v) is 10.8. The summed E-state index contributed by atoms with van der Waals surface area (Å²) in [6, 6.07) is 1.75. The Balaban J connectivity index is 0.00000112. The molecule has 4 nitrogen and oxygen atoms in total. The van der Waals surface area contributed by atoms with Crippen LogP contribution in [0.4, 0.5) is 0 Å². The normalized spacial score (nSPS) is 19.4. The summed E-state index contributed by atoms with van der Waals surface area (Å²) in [4.78, 5) is 18.4. The number of aromatic nitrogens is 2. The van der Waals surface area contributed by atoms with Crippen molar-refractivity contribution in [3.05, 3.63) is 27.9 Å². The number of nitrogens with zero attached hydrogens (tertiary/aromatic N) is 1. The van der Waals surface area contributed by atoms with Crippen molar-refractivity contribution in [1.29, 1.82) is 0 Å². The third-order valence-corrected chi connectivity index (χ3v) is 2.53. The summed E-state index contributed by atoms with van der Waals surface area (Å²) < 4.78 is 0. The van der Waals surface area contributed by atoms with Gasteiger partial charge in [-0.05, 0) is 26.3 Å². The minimum atomic E-state index is -0.0557. The first-order valence-corrected chi connectivity index (χ1v) is 5.07. The second-order valence-corrected chi connectivity index (χ2v) is 3.77. The molecule has 0 saturated carbocycles. The summed E-state index contributed by atoms with van der Waals surface area (Å²) in [5.74, 6) is 0.787. The van der Waals surface area contributed by atoms with Gasteiger partial charge in [-0.2, -0.15) is 0 Å². The Hall–Kier alpha value is -0.580. The molecule has 1 fully saturated rings. The molecule has 0 aromatic carbocycles. The molecule has 0 spiro atoms. The van der Waals surface area contributed by atoms with Crippen LogP contribution >= 0.6 is 24.8 Å². The van der Waals surface area contributed by atoms with E-state index in [4.69, 9.17) is 0 Å². The minimum absolute atomic E-state index is 0. The van der Waals surface area contributed by atoms with E-state index in [-0.39, 0.29) is 36.4 Å². The number of rotatable bonds is 1. The Morgan fingerprint density at radius 2 is 2.12 bits per heavy atom. The van der Waals surface area contributed by atoms with Crippen molar-refractivity contribution in [3.8, 4) is 0 Å². The van der Waals surface area contributed by atoms with Gasteiger partial charge in [0.1, 0.15) is 5.82 Å². The summed E-state index contributed by atoms with van der Waals surface area (Å²) in [6.45, 7) is 2.86. The average molecular weight is 266 g/mol. The van der Waals surface area contributed by atoms with Crippen LogP contribution in [0.2, 0.25) is 0 Å². The first-order valence-electron chi connectivity index (χ1n) is 5.07. The van der Waals surface area contributed by atoms with E-state index >= 15 is 0 Å². The maximum atomic E-state index is 11.2. The fourth-order valence-electron chi connectivity index (χ4n) is 1.85. The highest BCUT2D eigenvalue weighted by Gasteiger charge is 2.16. The highest BCUT2D eigenvalue weighted by Crippen LogP contribution is 2.18. The number of H-pyrrole nitrogens is 1. The molecule has 1 aliphatic rings. The van der Waals surface area contributed by atoms with Gasteiger partial charge in [0.15, 0.2) is 0 Å². The zero-order chi connectivity index (χ0) is 9.97. The molecule has 16 heavy (non-hydrogen) atoms. The standard InChI is InChI=1S/C10H15N3O.2ClH/c1-7-6-9(14)13-10(12-7)8-4-2-3-5-11-8;;/h6,8,11H,2-5H2,1H3,(H,12,13,14);2*1H. The van der Waals surface area contributed by atoms with E-state index < -0.39 is 0 Å². The molecule has 1 aromatic heterocycles. The first-order chi connectivity index (χ1) is 6.75. The summed E-state index contributed by atoms with van der Waals surface area (Å²) in [6.07, 6.45) is 3.48. The smallest absolute Gasteiger partial charge is 0.251 e. The summed E-state index contributed by atoms with van der Waals surface area (Å²) in [5.41, 5.74) is 0.732. The number of piperidine rings is 1. The quantitative estimate of drug-likeness (QED) is 0.814. The van der Waals surface area contributed by atoms with Crippen LogP contribution in [0.5, 0.6) is 0 Å². The van der Waals surface area contributed by atoms with Gasteiger partial charge < -0.3 is 10.3 Å². The number of hydrogen-bond acceptors (Lipinski definition) is 3. The van der Waals surface area contributed by atoms with Gasteiger partial charge in [-0.15, -0.1) is 24.8 Å². The predicted molar refractivity (Wildman–Crippen MR) is 68.7 cm³/mol. The van der Waals surface area contributed by atoms with Crippen LogP contribution in [-0.4, -0.2) is 16.5 Å². The van der Waals surface area contributed by atoms with Crippen LogP contribution in [0.1, 0.15) is 36.8 Å². The molecule has 6 heteroatoms. The van der Waals surface area contributed by atoms with Crippen LogP contribution in [0.25, 0.3) is 0 Å². The van der Waals surface area contributed by atoms with Gasteiger partial charge >= 0.3 is 0 Å². The van der Waals surface area contributed by atoms with Crippen LogP contribution in [0.15, 0.2) is 10.9 Å². The third-order valence-electron chi connectivity index (χ3n) is 2.53. The van der Waals surface area contributed by atoms with Crippen molar-refractivity contribution in [2.75, 3.05) is 6.54 Å². The highest BCUT2D eigenvalue weighted by molar-refractivity contribution is 5.85. The maximum absolute atomic E-state index is 11.2. The molecule has 1 aromatic rings. The number of aromatic amines is 1. The lowest BCUT2D eigenvalue weighted by Crippen LogP contribution is -2.30. The number of halogens is 2. The molecule has 2 N–H and O–H groups in total. The van der Waals surface area contributed by atoms with Crippen molar-refractivity contribution in [1.82, 2.24) is 15.3 Å². The lowest BCUT2D eigenvalue weighted by molar-refractivity contribution is 0.396. The highest BCUT2D eigenvalue weighted by atomic mass is 35.5. The summed E-state index contributed by atoms with van der Waals surface area (Å²) in [7, 11) is 0. The third kappa shape index (κ3) is 3.77. The molecule has 1 atom stereocenters. The summed E-state index contributed by atoms with van der Waals surface area (Å²) in [5, 5.41) is 3.36. The SMILES string of the molecule is Cc1cc(=O)[nH]c(C2CCCCN2)n1.Cl.Cl. The Morgan fingerprint density at radius 1 is 1.38 bits per heavy atom. The predicted octanol–water partition coefficient (Wildman–Crippen LogP) is 1.74. The Bertz CT molecular complexity index is 375. The van der Waals surface area contributed by atoms with E-state index in [9.17, 15) is 4.79 Å². The van der Waals surface area contributed by atoms with Gasteiger partial charge in [0.2, 0.25) is 0 Å². The number of hydrogen-bond donors (Lipinski definition) is 2. The molecule has 2 rings (SSSR count). The van der Waals surface area contributed by atoms with E-state index in [0.29, 0.717) is 0 Å². The van der Waals surface area contributed by atoms with Gasteiger partial charge in [-0.25, -0.2) is 4.98 Å². The molecule has 0 aliphatic carbocycles. The topological polar surface area (TPSA) is 57.8 Å². The van der Waals surface area contributed by atoms with Crippen LogP contribution in [0, 0.1) is 6.92 Å². The molecule has 92 valence electrons. The fraction of sp³-hybridized carbons (Fsp3) is 0.600. The van der Waals surface area contributed by atoms with Crippen molar-refractivity contribution >= 4 is 24.8 Å². The lowest BCUT2D eigenvalue weighted by atomic mass is 10.0. The van der Waals surface area contributed by atoms with Crippen LogP contribution in [0.3, 0.4) is 0 Å². The molecule has 1 saturated heterocycles. The molecule has 0 amide bonds.